The molecule has 0 aromatic heterocycles. The summed E-state index contributed by atoms with van der Waals surface area (Å²) in [6.45, 7) is 0. The lowest BCUT2D eigenvalue weighted by Crippen LogP contribution is -2.51. The van der Waals surface area contributed by atoms with Crippen LogP contribution in [0.5, 0.6) is 11.5 Å². The van der Waals surface area contributed by atoms with E-state index in [1.165, 1.54) is 14.2 Å². The third-order valence-electron chi connectivity index (χ3n) is 8.86. The van der Waals surface area contributed by atoms with Gasteiger partial charge in [0, 0.05) is 33.0 Å². The van der Waals surface area contributed by atoms with Crippen molar-refractivity contribution in [1.29, 1.82) is 0 Å². The summed E-state index contributed by atoms with van der Waals surface area (Å²) in [7, 11) is 3.05. The van der Waals surface area contributed by atoms with E-state index in [1.807, 2.05) is 65.6 Å². The predicted octanol–water partition coefficient (Wildman–Crippen LogP) is 6.32. The lowest BCUT2D eigenvalue weighted by atomic mass is 9.64. The lowest BCUT2D eigenvalue weighted by Gasteiger charge is -2.37. The van der Waals surface area contributed by atoms with Gasteiger partial charge in [0.2, 0.25) is 5.91 Å². The Hall–Kier alpha value is -4.69. The van der Waals surface area contributed by atoms with E-state index in [1.54, 1.807) is 42.5 Å². The van der Waals surface area contributed by atoms with Crippen LogP contribution in [-0.4, -0.2) is 43.8 Å². The fraction of sp³-hybridized carbons (Fsp3) is 0.171. The highest BCUT2D eigenvalue weighted by atomic mass is 79.9. The lowest BCUT2D eigenvalue weighted by molar-refractivity contribution is -0.121. The van der Waals surface area contributed by atoms with Crippen LogP contribution in [0.2, 0.25) is 0 Å². The zero-order chi connectivity index (χ0) is 29.9. The molecule has 4 aromatic rings. The number of benzene rings is 4. The number of Topliss-reactive ketones (excluding diaryl/α,β-unsaturated/α-hetero) is 2. The van der Waals surface area contributed by atoms with Crippen molar-refractivity contribution < 1.29 is 23.9 Å². The van der Waals surface area contributed by atoms with Crippen LogP contribution in [0.3, 0.4) is 0 Å². The molecule has 1 saturated heterocycles. The van der Waals surface area contributed by atoms with Crippen molar-refractivity contribution in [2.45, 2.75) is 17.5 Å². The molecule has 0 radical (unpaired) electrons. The SMILES string of the molecule is COc1cc(OC)cc(C(=O)[C@H]2[C@H](C(=O)c3ccc(Br)cc3)[C@]3(C(=O)Nc4ccccc43)[C@H]3C=Cc4ccccc4N23)c1. The molecule has 0 aliphatic carbocycles. The van der Waals surface area contributed by atoms with Gasteiger partial charge in [0.15, 0.2) is 11.6 Å². The van der Waals surface area contributed by atoms with Gasteiger partial charge in [-0.15, -0.1) is 0 Å². The minimum atomic E-state index is -1.38. The number of para-hydroxylation sites is 2. The molecule has 1 spiro atoms. The van der Waals surface area contributed by atoms with E-state index in [0.29, 0.717) is 33.9 Å². The normalized spacial score (nSPS) is 22.9. The monoisotopic (exact) mass is 634 g/mol. The van der Waals surface area contributed by atoms with Gasteiger partial charge in [-0.3, -0.25) is 14.4 Å². The number of nitrogens with zero attached hydrogens (tertiary/aromatic N) is 1. The Morgan fingerprint density at radius 1 is 0.837 bits per heavy atom. The van der Waals surface area contributed by atoms with Crippen molar-refractivity contribution in [3.05, 3.63) is 124 Å². The second-order valence-corrected chi connectivity index (χ2v) is 11.8. The highest BCUT2D eigenvalue weighted by molar-refractivity contribution is 9.10. The van der Waals surface area contributed by atoms with Crippen molar-refractivity contribution in [3.63, 3.8) is 0 Å². The number of rotatable bonds is 6. The first-order valence-electron chi connectivity index (χ1n) is 13.9. The van der Waals surface area contributed by atoms with Gasteiger partial charge in [-0.05, 0) is 47.5 Å². The first kappa shape index (κ1) is 27.2. The predicted molar refractivity (Wildman–Crippen MR) is 168 cm³/mol. The van der Waals surface area contributed by atoms with Gasteiger partial charge in [0.1, 0.15) is 23.0 Å². The van der Waals surface area contributed by atoms with Crippen LogP contribution in [0.1, 0.15) is 31.8 Å². The van der Waals surface area contributed by atoms with E-state index >= 15 is 0 Å². The number of fused-ring (bicyclic) bond motifs is 6. The number of amides is 1. The van der Waals surface area contributed by atoms with Gasteiger partial charge < -0.3 is 19.7 Å². The Balaban J connectivity index is 1.53. The summed E-state index contributed by atoms with van der Waals surface area (Å²) in [6.07, 6.45) is 3.94. The Bertz CT molecular complexity index is 1810. The number of hydrogen-bond donors (Lipinski definition) is 1. The summed E-state index contributed by atoms with van der Waals surface area (Å²) >= 11 is 3.46. The quantitative estimate of drug-likeness (QED) is 0.250. The second-order valence-electron chi connectivity index (χ2n) is 10.9. The Kier molecular flexibility index (Phi) is 6.47. The molecule has 4 atom stereocenters. The van der Waals surface area contributed by atoms with Gasteiger partial charge in [0.25, 0.3) is 0 Å². The zero-order valence-corrected chi connectivity index (χ0v) is 25.0. The van der Waals surface area contributed by atoms with Crippen molar-refractivity contribution >= 4 is 50.9 Å². The number of nitrogens with one attached hydrogen (secondary N) is 1. The maximum Gasteiger partial charge on any atom is 0.238 e. The van der Waals surface area contributed by atoms with Gasteiger partial charge in [-0.1, -0.05) is 76.6 Å². The van der Waals surface area contributed by atoms with Crippen molar-refractivity contribution in [2.75, 3.05) is 24.4 Å². The number of ketones is 2. The van der Waals surface area contributed by atoms with Gasteiger partial charge >= 0.3 is 0 Å². The summed E-state index contributed by atoms with van der Waals surface area (Å²) in [4.78, 5) is 46.2. The fourth-order valence-corrected chi connectivity index (χ4v) is 7.30. The molecule has 43 heavy (non-hydrogen) atoms. The molecule has 4 aromatic carbocycles. The van der Waals surface area contributed by atoms with E-state index in [0.717, 1.165) is 15.7 Å². The van der Waals surface area contributed by atoms with Crippen LogP contribution in [-0.2, 0) is 10.2 Å². The number of methoxy groups -OCH3 is 2. The molecule has 214 valence electrons. The minimum absolute atomic E-state index is 0.284. The van der Waals surface area contributed by atoms with Gasteiger partial charge in [-0.2, -0.15) is 0 Å². The molecule has 7 nitrogen and oxygen atoms in total. The number of halogens is 1. The van der Waals surface area contributed by atoms with E-state index < -0.39 is 23.4 Å². The molecule has 1 amide bonds. The average Bonchev–Trinajstić information content (AvgIpc) is 3.52. The highest BCUT2D eigenvalue weighted by Gasteiger charge is 2.70. The average molecular weight is 636 g/mol. The molecule has 1 fully saturated rings. The summed E-state index contributed by atoms with van der Waals surface area (Å²) in [5, 5.41) is 3.06. The summed E-state index contributed by atoms with van der Waals surface area (Å²) in [6, 6.07) is 25.6. The smallest absolute Gasteiger partial charge is 0.238 e. The maximum atomic E-state index is 14.9. The zero-order valence-electron chi connectivity index (χ0n) is 23.4. The number of anilines is 2. The molecule has 3 aliphatic heterocycles. The fourth-order valence-electron chi connectivity index (χ4n) is 7.03. The molecule has 7 rings (SSSR count). The summed E-state index contributed by atoms with van der Waals surface area (Å²) < 4.78 is 11.8. The molecule has 3 aliphatic rings. The summed E-state index contributed by atoms with van der Waals surface area (Å²) in [5.74, 6) is -1.06. The Morgan fingerprint density at radius 3 is 2.23 bits per heavy atom. The summed E-state index contributed by atoms with van der Waals surface area (Å²) in [5.41, 5.74) is 2.39. The standard InChI is InChI=1S/C35H27BrN2O5/c1-42-24-17-22(18-25(19-24)43-2)33(40)31-30(32(39)21-11-14-23(36)15-12-21)35(26-8-4-5-9-27(26)37-34(35)41)29-16-13-20-7-3-6-10-28(20)38(29)31/h3-19,29-31H,1-2H3,(H,37,41)/t29-,30-,31-,35-/m1/s1. The minimum Gasteiger partial charge on any atom is -0.497 e. The number of carbonyl (C=O) groups is 3. The van der Waals surface area contributed by atoms with Crippen molar-refractivity contribution in [1.82, 2.24) is 0 Å². The number of ether oxygens (including phenoxy) is 2. The van der Waals surface area contributed by atoms with Crippen LogP contribution in [0, 0.1) is 5.92 Å². The topological polar surface area (TPSA) is 84.9 Å². The van der Waals surface area contributed by atoms with Gasteiger partial charge in [-0.25, -0.2) is 0 Å². The van der Waals surface area contributed by atoms with E-state index in [9.17, 15) is 14.4 Å². The largest absolute Gasteiger partial charge is 0.497 e. The number of carbonyl (C=O) groups excluding carboxylic acids is 3. The van der Waals surface area contributed by atoms with Crippen LogP contribution in [0.15, 0.2) is 102 Å². The van der Waals surface area contributed by atoms with Crippen molar-refractivity contribution in [3.8, 4) is 11.5 Å². The van der Waals surface area contributed by atoms with E-state index in [4.69, 9.17) is 9.47 Å². The van der Waals surface area contributed by atoms with E-state index in [-0.39, 0.29) is 17.5 Å². The molecule has 1 N–H and O–H groups in total. The molecule has 8 heteroatoms. The van der Waals surface area contributed by atoms with Gasteiger partial charge in [0.05, 0.1) is 26.2 Å². The first-order valence-corrected chi connectivity index (χ1v) is 14.7. The Morgan fingerprint density at radius 2 is 1.51 bits per heavy atom. The Labute approximate surface area is 257 Å². The molecule has 0 saturated carbocycles. The molecule has 0 unspecified atom stereocenters. The van der Waals surface area contributed by atoms with Crippen molar-refractivity contribution in [2.24, 2.45) is 5.92 Å². The molecule has 0 bridgehead atoms. The van der Waals surface area contributed by atoms with Crippen LogP contribution in [0.25, 0.3) is 6.08 Å². The third-order valence-corrected chi connectivity index (χ3v) is 9.39. The van der Waals surface area contributed by atoms with Crippen LogP contribution < -0.4 is 19.7 Å². The van der Waals surface area contributed by atoms with Crippen LogP contribution in [0.4, 0.5) is 11.4 Å². The molecular weight excluding hydrogens is 608 g/mol. The highest BCUT2D eigenvalue weighted by Crippen LogP contribution is 2.58. The van der Waals surface area contributed by atoms with Crippen LogP contribution >= 0.6 is 15.9 Å². The first-order chi connectivity index (χ1) is 20.9. The number of hydrogen-bond acceptors (Lipinski definition) is 6. The van der Waals surface area contributed by atoms with E-state index in [2.05, 4.69) is 21.2 Å². The maximum absolute atomic E-state index is 14.9. The molecule has 3 heterocycles. The second kappa shape index (κ2) is 10.2. The third kappa shape index (κ3) is 3.97. The molecular formula is C35H27BrN2O5.